The lowest BCUT2D eigenvalue weighted by Crippen LogP contribution is -2.41. The normalized spacial score (nSPS) is 12.3. The van der Waals surface area contributed by atoms with Crippen LogP contribution in [0.4, 0.5) is 0 Å². The minimum Gasteiger partial charge on any atom is -0.389 e. The molecule has 2 rings (SSSR count). The van der Waals surface area contributed by atoms with Gasteiger partial charge in [-0.05, 0) is 18.1 Å². The minimum atomic E-state index is 0.200. The SMILES string of the molecule is CCCCC(CO)[n+]1cccc(Cc2ccccc2)c1. The molecule has 1 atom stereocenters. The molecule has 20 heavy (non-hydrogen) atoms. The van der Waals surface area contributed by atoms with Crippen molar-refractivity contribution in [2.45, 2.75) is 38.6 Å². The first-order valence-electron chi connectivity index (χ1n) is 7.48. The summed E-state index contributed by atoms with van der Waals surface area (Å²) in [7, 11) is 0. The van der Waals surface area contributed by atoms with Gasteiger partial charge in [-0.25, -0.2) is 0 Å². The van der Waals surface area contributed by atoms with Gasteiger partial charge in [0.15, 0.2) is 18.4 Å². The third-order valence-corrected chi connectivity index (χ3v) is 3.66. The molecule has 0 aliphatic heterocycles. The molecule has 1 aromatic heterocycles. The van der Waals surface area contributed by atoms with Crippen LogP contribution >= 0.6 is 0 Å². The van der Waals surface area contributed by atoms with Crippen molar-refractivity contribution in [1.29, 1.82) is 0 Å². The standard InChI is InChI=1S/C18H24NO/c1-2-3-11-18(15-20)19-12-7-10-17(14-19)13-16-8-5-4-6-9-16/h4-10,12,14,18,20H,2-3,11,13,15H2,1H3/q+1. The van der Waals surface area contributed by atoms with Crippen molar-refractivity contribution >= 4 is 0 Å². The number of pyridine rings is 1. The van der Waals surface area contributed by atoms with Crippen LogP contribution in [0.3, 0.4) is 0 Å². The highest BCUT2D eigenvalue weighted by molar-refractivity contribution is 5.22. The number of rotatable bonds is 7. The fraction of sp³-hybridized carbons (Fsp3) is 0.389. The molecule has 0 aliphatic rings. The molecule has 0 spiro atoms. The van der Waals surface area contributed by atoms with Gasteiger partial charge in [-0.3, -0.25) is 0 Å². The first kappa shape index (κ1) is 14.7. The summed E-state index contributed by atoms with van der Waals surface area (Å²) in [6.07, 6.45) is 8.52. The molecule has 0 saturated carbocycles. The Hall–Kier alpha value is -1.67. The number of nitrogens with zero attached hydrogens (tertiary/aromatic N) is 1. The number of hydrogen-bond donors (Lipinski definition) is 1. The van der Waals surface area contributed by atoms with Crippen LogP contribution in [-0.2, 0) is 6.42 Å². The summed E-state index contributed by atoms with van der Waals surface area (Å²) in [5, 5.41) is 9.57. The fourth-order valence-corrected chi connectivity index (χ4v) is 2.48. The van der Waals surface area contributed by atoms with Crippen molar-refractivity contribution in [3.05, 3.63) is 66.0 Å². The Morgan fingerprint density at radius 2 is 1.80 bits per heavy atom. The maximum Gasteiger partial charge on any atom is 0.181 e. The highest BCUT2D eigenvalue weighted by atomic mass is 16.3. The average Bonchev–Trinajstić information content (AvgIpc) is 2.49. The maximum absolute atomic E-state index is 9.57. The topological polar surface area (TPSA) is 24.1 Å². The first-order valence-corrected chi connectivity index (χ1v) is 7.48. The summed E-state index contributed by atoms with van der Waals surface area (Å²) >= 11 is 0. The van der Waals surface area contributed by atoms with E-state index in [0.29, 0.717) is 0 Å². The molecule has 2 nitrogen and oxygen atoms in total. The third-order valence-electron chi connectivity index (χ3n) is 3.66. The summed E-state index contributed by atoms with van der Waals surface area (Å²) in [5.41, 5.74) is 2.60. The maximum atomic E-state index is 9.57. The summed E-state index contributed by atoms with van der Waals surface area (Å²) in [4.78, 5) is 0. The number of aliphatic hydroxyl groups excluding tert-OH is 1. The van der Waals surface area contributed by atoms with Gasteiger partial charge in [0.2, 0.25) is 0 Å². The molecule has 0 amide bonds. The van der Waals surface area contributed by atoms with E-state index in [1.165, 1.54) is 17.5 Å². The molecule has 2 aromatic rings. The zero-order chi connectivity index (χ0) is 14.2. The van der Waals surface area contributed by atoms with E-state index in [4.69, 9.17) is 0 Å². The molecule has 1 unspecified atom stereocenters. The molecule has 1 N–H and O–H groups in total. The van der Waals surface area contributed by atoms with Crippen molar-refractivity contribution in [2.24, 2.45) is 0 Å². The smallest absolute Gasteiger partial charge is 0.181 e. The molecule has 0 bridgehead atoms. The van der Waals surface area contributed by atoms with E-state index in [0.717, 1.165) is 19.3 Å². The summed E-state index contributed by atoms with van der Waals surface area (Å²) < 4.78 is 2.16. The van der Waals surface area contributed by atoms with Crippen LogP contribution in [0, 0.1) is 0 Å². The highest BCUT2D eigenvalue weighted by Gasteiger charge is 2.16. The van der Waals surface area contributed by atoms with E-state index < -0.39 is 0 Å². The summed E-state index contributed by atoms with van der Waals surface area (Å²) in [6, 6.07) is 14.9. The summed E-state index contributed by atoms with van der Waals surface area (Å²) in [5.74, 6) is 0. The molecule has 0 saturated heterocycles. The summed E-state index contributed by atoms with van der Waals surface area (Å²) in [6.45, 7) is 2.39. The van der Waals surface area contributed by atoms with Gasteiger partial charge in [-0.1, -0.05) is 43.7 Å². The van der Waals surface area contributed by atoms with Gasteiger partial charge in [0.25, 0.3) is 0 Å². The van der Waals surface area contributed by atoms with Crippen molar-refractivity contribution in [3.8, 4) is 0 Å². The second-order valence-electron chi connectivity index (χ2n) is 5.30. The predicted molar refractivity (Wildman–Crippen MR) is 81.5 cm³/mol. The van der Waals surface area contributed by atoms with E-state index in [1.807, 2.05) is 6.07 Å². The van der Waals surface area contributed by atoms with Gasteiger partial charge in [-0.15, -0.1) is 0 Å². The second kappa shape index (κ2) is 7.81. The molecule has 1 aromatic carbocycles. The molecule has 0 aliphatic carbocycles. The van der Waals surface area contributed by atoms with Crippen LogP contribution < -0.4 is 4.57 Å². The van der Waals surface area contributed by atoms with E-state index >= 15 is 0 Å². The van der Waals surface area contributed by atoms with Gasteiger partial charge < -0.3 is 5.11 Å². The van der Waals surface area contributed by atoms with E-state index in [2.05, 4.69) is 60.3 Å². The minimum absolute atomic E-state index is 0.200. The van der Waals surface area contributed by atoms with Crippen LogP contribution in [0.2, 0.25) is 0 Å². The number of benzene rings is 1. The Morgan fingerprint density at radius 3 is 2.50 bits per heavy atom. The van der Waals surface area contributed by atoms with Gasteiger partial charge in [0, 0.05) is 24.5 Å². The average molecular weight is 270 g/mol. The Kier molecular flexibility index (Phi) is 5.75. The zero-order valence-electron chi connectivity index (χ0n) is 12.2. The molecule has 106 valence electrons. The number of aliphatic hydroxyl groups is 1. The molecule has 2 heteroatoms. The van der Waals surface area contributed by atoms with Crippen LogP contribution in [-0.4, -0.2) is 11.7 Å². The number of unbranched alkanes of at least 4 members (excludes halogenated alkanes) is 1. The predicted octanol–water partition coefficient (Wildman–Crippen LogP) is 3.29. The monoisotopic (exact) mass is 270 g/mol. The Morgan fingerprint density at radius 1 is 1.05 bits per heavy atom. The van der Waals surface area contributed by atoms with E-state index in [1.54, 1.807) is 0 Å². The largest absolute Gasteiger partial charge is 0.389 e. The Bertz CT molecular complexity index is 510. The van der Waals surface area contributed by atoms with Crippen molar-refractivity contribution in [2.75, 3.05) is 6.61 Å². The van der Waals surface area contributed by atoms with Gasteiger partial charge in [-0.2, -0.15) is 4.57 Å². The second-order valence-corrected chi connectivity index (χ2v) is 5.30. The highest BCUT2D eigenvalue weighted by Crippen LogP contribution is 2.10. The lowest BCUT2D eigenvalue weighted by Gasteiger charge is -2.10. The molecule has 0 radical (unpaired) electrons. The quantitative estimate of drug-likeness (QED) is 0.767. The van der Waals surface area contributed by atoms with Crippen LogP contribution in [0.25, 0.3) is 0 Å². The fourth-order valence-electron chi connectivity index (χ4n) is 2.48. The molecule has 1 heterocycles. The number of hydrogen-bond acceptors (Lipinski definition) is 1. The molecular formula is C18H24NO+. The lowest BCUT2D eigenvalue weighted by molar-refractivity contribution is -0.725. The zero-order valence-corrected chi connectivity index (χ0v) is 12.2. The van der Waals surface area contributed by atoms with Gasteiger partial charge >= 0.3 is 0 Å². The van der Waals surface area contributed by atoms with Crippen LogP contribution in [0.1, 0.15) is 43.4 Å². The van der Waals surface area contributed by atoms with Crippen LogP contribution in [0.5, 0.6) is 0 Å². The Labute approximate surface area is 121 Å². The Balaban J connectivity index is 2.10. The lowest BCUT2D eigenvalue weighted by atomic mass is 10.1. The van der Waals surface area contributed by atoms with Crippen molar-refractivity contribution in [3.63, 3.8) is 0 Å². The first-order chi connectivity index (χ1) is 9.83. The van der Waals surface area contributed by atoms with Gasteiger partial charge in [0.05, 0.1) is 0 Å². The van der Waals surface area contributed by atoms with Crippen molar-refractivity contribution in [1.82, 2.24) is 0 Å². The van der Waals surface area contributed by atoms with E-state index in [-0.39, 0.29) is 12.6 Å². The molecule has 0 fully saturated rings. The van der Waals surface area contributed by atoms with Gasteiger partial charge in [0.1, 0.15) is 6.61 Å². The van der Waals surface area contributed by atoms with E-state index in [9.17, 15) is 5.11 Å². The van der Waals surface area contributed by atoms with Crippen molar-refractivity contribution < 1.29 is 9.67 Å². The van der Waals surface area contributed by atoms with Crippen LogP contribution in [0.15, 0.2) is 54.9 Å². The number of aromatic nitrogens is 1. The third kappa shape index (κ3) is 4.17. The molecular weight excluding hydrogens is 246 g/mol.